The van der Waals surface area contributed by atoms with Crippen molar-refractivity contribution in [1.82, 2.24) is 15.1 Å². The molecule has 0 spiro atoms. The fraction of sp³-hybridized carbons (Fsp3) is 0.261. The summed E-state index contributed by atoms with van der Waals surface area (Å²) in [6, 6.07) is 7.19. The number of aromatic amines is 1. The van der Waals surface area contributed by atoms with Crippen molar-refractivity contribution in [2.45, 2.75) is 32.5 Å². The second-order valence-corrected chi connectivity index (χ2v) is 8.52. The van der Waals surface area contributed by atoms with E-state index in [2.05, 4.69) is 19.6 Å². The van der Waals surface area contributed by atoms with Crippen molar-refractivity contribution in [3.8, 4) is 33.5 Å². The van der Waals surface area contributed by atoms with Gasteiger partial charge in [-0.25, -0.2) is 14.2 Å². The fourth-order valence-electron chi connectivity index (χ4n) is 3.43. The van der Waals surface area contributed by atoms with Crippen molar-refractivity contribution in [2.75, 3.05) is 7.11 Å². The lowest BCUT2D eigenvalue weighted by molar-refractivity contribution is -0.137. The minimum Gasteiger partial charge on any atom is -0.496 e. The number of nitrogens with zero attached hydrogens (tertiary/aromatic N) is 2. The van der Waals surface area contributed by atoms with Crippen LogP contribution in [0.4, 0.5) is 17.6 Å². The van der Waals surface area contributed by atoms with Crippen molar-refractivity contribution < 1.29 is 31.6 Å². The van der Waals surface area contributed by atoms with E-state index in [-0.39, 0.29) is 22.9 Å². The van der Waals surface area contributed by atoms with Gasteiger partial charge in [-0.1, -0.05) is 24.2 Å². The number of hydrogen-bond donors (Lipinski definition) is 1. The smallest absolute Gasteiger partial charge is 0.439 e. The highest BCUT2D eigenvalue weighted by Gasteiger charge is 2.30. The van der Waals surface area contributed by atoms with E-state index in [9.17, 15) is 22.4 Å². The quantitative estimate of drug-likeness (QED) is 0.300. The van der Waals surface area contributed by atoms with Crippen LogP contribution in [0.15, 0.2) is 45.7 Å². The highest BCUT2D eigenvalue weighted by molar-refractivity contribution is 7.15. The van der Waals surface area contributed by atoms with Gasteiger partial charge in [0.1, 0.15) is 16.9 Å². The number of methoxy groups -OCH3 is 1. The molecule has 0 aliphatic carbocycles. The molecule has 2 aromatic carbocycles. The molecule has 7 nitrogen and oxygen atoms in total. The predicted octanol–water partition coefficient (Wildman–Crippen LogP) is 6.16. The highest BCUT2D eigenvalue weighted by Crippen LogP contribution is 2.39. The minimum atomic E-state index is -4.42. The molecular formula is C23H19F4N3O4S. The molecule has 4 rings (SSSR count). The van der Waals surface area contributed by atoms with Crippen LogP contribution in [0.25, 0.3) is 22.0 Å². The Balaban J connectivity index is 1.63. The largest absolute Gasteiger partial charge is 0.496 e. The molecule has 1 N–H and O–H groups in total. The molecule has 0 radical (unpaired) electrons. The van der Waals surface area contributed by atoms with E-state index in [0.29, 0.717) is 27.6 Å². The van der Waals surface area contributed by atoms with Gasteiger partial charge in [0.15, 0.2) is 17.4 Å². The van der Waals surface area contributed by atoms with Crippen molar-refractivity contribution in [3.63, 3.8) is 0 Å². The van der Waals surface area contributed by atoms with Crippen molar-refractivity contribution in [1.29, 1.82) is 0 Å². The average Bonchev–Trinajstić information content (AvgIpc) is 3.43. The first-order chi connectivity index (χ1) is 16.6. The Hall–Kier alpha value is -3.67. The zero-order chi connectivity index (χ0) is 25.3. The molecule has 0 fully saturated rings. The third kappa shape index (κ3) is 5.06. The van der Waals surface area contributed by atoms with Crippen molar-refractivity contribution >= 4 is 11.3 Å². The average molecular weight is 509 g/mol. The second-order valence-electron chi connectivity index (χ2n) is 7.49. The molecule has 12 heteroatoms. The standard InChI is InChI=1S/C23H19F4N3O4S/c1-4-16(19-11(2)28-21(35-19)12-5-7-13(8-6-12)23(25,26)27)33-18-10-17(32-3)14(9-15(18)24)20-29-22(31)34-30-20/h5-10,16H,4H2,1-3H3,(H,29,30,31)/t16-/m1/s1. The Morgan fingerprint density at radius 3 is 2.46 bits per heavy atom. The molecule has 0 saturated heterocycles. The number of aryl methyl sites for hydroxylation is 1. The third-order valence-electron chi connectivity index (χ3n) is 5.17. The molecule has 0 bridgehead atoms. The monoisotopic (exact) mass is 509 g/mol. The normalized spacial score (nSPS) is 12.5. The summed E-state index contributed by atoms with van der Waals surface area (Å²) >= 11 is 1.26. The fourth-order valence-corrected chi connectivity index (χ4v) is 4.62. The van der Waals surface area contributed by atoms with Gasteiger partial charge in [-0.2, -0.15) is 13.2 Å². The van der Waals surface area contributed by atoms with Crippen LogP contribution in [0, 0.1) is 12.7 Å². The zero-order valence-electron chi connectivity index (χ0n) is 18.7. The summed E-state index contributed by atoms with van der Waals surface area (Å²) < 4.78 is 69.3. The number of aromatic nitrogens is 3. The number of halogens is 4. The number of thiazole rings is 1. The predicted molar refractivity (Wildman–Crippen MR) is 120 cm³/mol. The van der Waals surface area contributed by atoms with Crippen LogP contribution < -0.4 is 15.2 Å². The highest BCUT2D eigenvalue weighted by atomic mass is 32.1. The van der Waals surface area contributed by atoms with E-state index in [4.69, 9.17) is 9.47 Å². The van der Waals surface area contributed by atoms with Crippen LogP contribution >= 0.6 is 11.3 Å². The SMILES string of the molecule is CC[C@@H](Oc1cc(OC)c(-c2noc(=O)[nH]2)cc1F)c1sc(-c2ccc(C(F)(F)F)cc2)nc1C. The first kappa shape index (κ1) is 24.5. The minimum absolute atomic E-state index is 0.00354. The molecule has 184 valence electrons. The van der Waals surface area contributed by atoms with Gasteiger partial charge in [0.2, 0.25) is 0 Å². The first-order valence-corrected chi connectivity index (χ1v) is 11.2. The Kier molecular flexibility index (Phi) is 6.66. The van der Waals surface area contributed by atoms with E-state index in [1.165, 1.54) is 36.6 Å². The zero-order valence-corrected chi connectivity index (χ0v) is 19.5. The molecular weight excluding hydrogens is 490 g/mol. The maximum absolute atomic E-state index is 14.9. The van der Waals surface area contributed by atoms with Crippen LogP contribution in [0.5, 0.6) is 11.5 Å². The van der Waals surface area contributed by atoms with Gasteiger partial charge in [0.25, 0.3) is 0 Å². The maximum atomic E-state index is 14.9. The van der Waals surface area contributed by atoms with E-state index in [1.54, 1.807) is 6.92 Å². The Bertz CT molecular complexity index is 1390. The summed E-state index contributed by atoms with van der Waals surface area (Å²) in [7, 11) is 1.37. The lowest BCUT2D eigenvalue weighted by atomic mass is 10.1. The number of rotatable bonds is 7. The number of alkyl halides is 3. The summed E-state index contributed by atoms with van der Waals surface area (Å²) in [5.41, 5.74) is 0.591. The van der Waals surface area contributed by atoms with Crippen molar-refractivity contribution in [2.24, 2.45) is 0 Å². The summed E-state index contributed by atoms with van der Waals surface area (Å²) in [6.07, 6.45) is -4.53. The number of hydrogen-bond acceptors (Lipinski definition) is 7. The molecule has 2 aromatic heterocycles. The molecule has 2 heterocycles. The Labute approximate surface area is 200 Å². The summed E-state index contributed by atoms with van der Waals surface area (Å²) in [6.45, 7) is 3.61. The number of nitrogens with one attached hydrogen (secondary N) is 1. The molecule has 0 aliphatic rings. The molecule has 1 atom stereocenters. The van der Waals surface area contributed by atoms with Gasteiger partial charge in [-0.3, -0.25) is 9.51 Å². The lowest BCUT2D eigenvalue weighted by Gasteiger charge is -2.18. The summed E-state index contributed by atoms with van der Waals surface area (Å²) in [4.78, 5) is 18.8. The Morgan fingerprint density at radius 1 is 1.17 bits per heavy atom. The van der Waals surface area contributed by atoms with Gasteiger partial charge in [0.05, 0.1) is 28.8 Å². The van der Waals surface area contributed by atoms with E-state index in [1.807, 2.05) is 6.92 Å². The Morgan fingerprint density at radius 2 is 1.89 bits per heavy atom. The van der Waals surface area contributed by atoms with Crippen LogP contribution in [0.1, 0.15) is 35.6 Å². The summed E-state index contributed by atoms with van der Waals surface area (Å²) in [5.74, 6) is -1.39. The van der Waals surface area contributed by atoms with Gasteiger partial charge < -0.3 is 9.47 Å². The molecule has 0 saturated carbocycles. The van der Waals surface area contributed by atoms with Gasteiger partial charge in [-0.15, -0.1) is 11.3 Å². The first-order valence-electron chi connectivity index (χ1n) is 10.4. The van der Waals surface area contributed by atoms with Crippen molar-refractivity contribution in [3.05, 3.63) is 68.9 Å². The molecule has 4 aromatic rings. The third-order valence-corrected chi connectivity index (χ3v) is 6.47. The van der Waals surface area contributed by atoms with Gasteiger partial charge in [0, 0.05) is 11.6 Å². The van der Waals surface area contributed by atoms with Crippen LogP contribution in [-0.2, 0) is 6.18 Å². The van der Waals surface area contributed by atoms with E-state index in [0.717, 1.165) is 18.2 Å². The lowest BCUT2D eigenvalue weighted by Crippen LogP contribution is -2.08. The number of H-pyrrole nitrogens is 1. The molecule has 0 amide bonds. The van der Waals surface area contributed by atoms with Gasteiger partial charge in [-0.05, 0) is 31.5 Å². The van der Waals surface area contributed by atoms with Crippen LogP contribution in [0.3, 0.4) is 0 Å². The molecule has 0 unspecified atom stereocenters. The van der Waals surface area contributed by atoms with Crippen LogP contribution in [0.2, 0.25) is 0 Å². The number of ether oxygens (including phenoxy) is 2. The summed E-state index contributed by atoms with van der Waals surface area (Å²) in [5, 5.41) is 4.08. The molecule has 35 heavy (non-hydrogen) atoms. The van der Waals surface area contributed by atoms with Crippen LogP contribution in [-0.4, -0.2) is 22.2 Å². The van der Waals surface area contributed by atoms with Gasteiger partial charge >= 0.3 is 11.9 Å². The van der Waals surface area contributed by atoms with E-state index < -0.39 is 29.4 Å². The number of benzene rings is 2. The topological polar surface area (TPSA) is 90.2 Å². The molecule has 0 aliphatic heterocycles. The maximum Gasteiger partial charge on any atom is 0.439 e. The van der Waals surface area contributed by atoms with E-state index >= 15 is 0 Å². The second kappa shape index (κ2) is 9.53.